The largest absolute Gasteiger partial charge is 0.507 e. The molecule has 0 saturated heterocycles. The van der Waals surface area contributed by atoms with E-state index >= 15 is 0 Å². The third-order valence-electron chi connectivity index (χ3n) is 9.86. The number of aromatic hydroxyl groups is 6. The molecule has 1 aliphatic rings. The minimum Gasteiger partial charge on any atom is -0.507 e. The standard InChI is InChI=1S/C43H33Br5O6/c1-20-2-21-4-23-10-33(44)12-25(39(23)50)6-27-14-35(46)16-29(41(27)52)8-31-18-37(48)19-32(43(31)54)9-30-17-36(47)15-28(42(30)53)7-26-13-34(45)11-24(40(26)51)5-22(3-20)38(21)49/h2-3,10-19,49-54H,4-9H2,1H3. The van der Waals surface area contributed by atoms with Crippen molar-refractivity contribution < 1.29 is 30.6 Å². The fourth-order valence-corrected chi connectivity index (χ4v) is 10.1. The first kappa shape index (κ1) is 38.8. The highest BCUT2D eigenvalue weighted by molar-refractivity contribution is 9.11. The van der Waals surface area contributed by atoms with Gasteiger partial charge in [-0.1, -0.05) is 97.3 Å². The van der Waals surface area contributed by atoms with Gasteiger partial charge in [0.1, 0.15) is 34.5 Å². The Bertz CT molecular complexity index is 1910. The van der Waals surface area contributed by atoms with Gasteiger partial charge in [-0.3, -0.25) is 0 Å². The summed E-state index contributed by atoms with van der Waals surface area (Å²) >= 11 is 18.0. The number of aryl methyl sites for hydroxylation is 1. The highest BCUT2D eigenvalue weighted by Gasteiger charge is 2.22. The smallest absolute Gasteiger partial charge is 0.122 e. The molecule has 0 atom stereocenters. The number of halogens is 5. The second kappa shape index (κ2) is 15.6. The minimum atomic E-state index is 0.0414. The Hall–Kier alpha value is -3.48. The molecule has 0 amide bonds. The van der Waals surface area contributed by atoms with Gasteiger partial charge in [0, 0.05) is 60.9 Å². The highest BCUT2D eigenvalue weighted by Crippen LogP contribution is 2.42. The number of fused-ring (bicyclic) bond motifs is 12. The van der Waals surface area contributed by atoms with Gasteiger partial charge in [0.05, 0.1) is 0 Å². The molecule has 54 heavy (non-hydrogen) atoms. The number of hydrogen-bond acceptors (Lipinski definition) is 6. The van der Waals surface area contributed by atoms with E-state index in [-0.39, 0.29) is 73.0 Å². The van der Waals surface area contributed by atoms with Crippen LogP contribution in [-0.2, 0) is 38.5 Å². The zero-order valence-corrected chi connectivity index (χ0v) is 36.7. The summed E-state index contributed by atoms with van der Waals surface area (Å²) in [4.78, 5) is 0. The van der Waals surface area contributed by atoms with Gasteiger partial charge in [0.2, 0.25) is 0 Å². The maximum absolute atomic E-state index is 11.7. The molecule has 0 aliphatic heterocycles. The Morgan fingerprint density at radius 1 is 0.278 bits per heavy atom. The van der Waals surface area contributed by atoms with Crippen LogP contribution in [-0.4, -0.2) is 30.6 Å². The van der Waals surface area contributed by atoms with Crippen molar-refractivity contribution in [3.05, 3.63) is 167 Å². The number of phenols is 6. The van der Waals surface area contributed by atoms with Gasteiger partial charge in [-0.25, -0.2) is 0 Å². The van der Waals surface area contributed by atoms with E-state index < -0.39 is 0 Å². The Kier molecular flexibility index (Phi) is 11.2. The molecule has 6 aromatic rings. The summed E-state index contributed by atoms with van der Waals surface area (Å²) in [5.74, 6) is 0.305. The predicted molar refractivity (Wildman–Crippen MR) is 229 cm³/mol. The van der Waals surface area contributed by atoms with Gasteiger partial charge in [-0.05, 0) is 134 Å². The Labute approximate surface area is 354 Å². The quantitative estimate of drug-likeness (QED) is 0.0900. The van der Waals surface area contributed by atoms with E-state index in [9.17, 15) is 30.6 Å². The van der Waals surface area contributed by atoms with Crippen LogP contribution in [0.3, 0.4) is 0 Å². The number of phenolic OH excluding ortho intramolecular Hbond substituents is 6. The monoisotopic (exact) mass is 1040 g/mol. The first-order valence-electron chi connectivity index (χ1n) is 17.0. The lowest BCUT2D eigenvalue weighted by Crippen LogP contribution is -2.02. The van der Waals surface area contributed by atoms with Crippen LogP contribution in [0.2, 0.25) is 0 Å². The summed E-state index contributed by atoms with van der Waals surface area (Å²) in [5.41, 5.74) is 7.88. The Balaban J connectivity index is 1.43. The van der Waals surface area contributed by atoms with Crippen molar-refractivity contribution in [3.63, 3.8) is 0 Å². The first-order valence-corrected chi connectivity index (χ1v) is 20.9. The molecule has 0 radical (unpaired) electrons. The van der Waals surface area contributed by atoms with E-state index in [1.807, 2.05) is 67.6 Å². The van der Waals surface area contributed by atoms with Crippen molar-refractivity contribution in [2.75, 3.05) is 0 Å². The van der Waals surface area contributed by atoms with Crippen LogP contribution in [0, 0.1) is 6.92 Å². The van der Waals surface area contributed by atoms with E-state index in [2.05, 4.69) is 79.6 Å². The Morgan fingerprint density at radius 2 is 0.407 bits per heavy atom. The molecule has 0 fully saturated rings. The zero-order valence-electron chi connectivity index (χ0n) is 28.7. The minimum absolute atomic E-state index is 0.0414. The topological polar surface area (TPSA) is 121 Å². The summed E-state index contributed by atoms with van der Waals surface area (Å²) in [6.07, 6.45) is 1.24. The van der Waals surface area contributed by atoms with Gasteiger partial charge < -0.3 is 30.6 Å². The van der Waals surface area contributed by atoms with Crippen LogP contribution in [0.25, 0.3) is 0 Å². The maximum atomic E-state index is 11.7. The second-order valence-electron chi connectivity index (χ2n) is 13.9. The number of hydrogen-bond donors (Lipinski definition) is 6. The molecule has 7 rings (SSSR count). The van der Waals surface area contributed by atoms with Crippen LogP contribution < -0.4 is 0 Å². The van der Waals surface area contributed by atoms with Crippen LogP contribution in [0.15, 0.2) is 95.2 Å². The molecule has 1 aliphatic carbocycles. The SMILES string of the molecule is Cc1cc2c(O)c(c1)Cc1cc(Br)cc(c1O)Cc1cc(Br)cc(c1O)Cc1cc(Br)cc(c1O)Cc1cc(Br)cc(c1O)Cc1cc(Br)cc(c1O)C2. The molecule has 0 heterocycles. The van der Waals surface area contributed by atoms with Gasteiger partial charge in [0.25, 0.3) is 0 Å². The van der Waals surface area contributed by atoms with E-state index in [0.29, 0.717) is 66.8 Å². The first-order chi connectivity index (χ1) is 25.6. The third kappa shape index (κ3) is 8.07. The summed E-state index contributed by atoms with van der Waals surface area (Å²) in [6.45, 7) is 1.94. The van der Waals surface area contributed by atoms with E-state index in [0.717, 1.165) is 27.9 Å². The predicted octanol–water partition coefficient (Wildman–Crippen LogP) is 11.9. The van der Waals surface area contributed by atoms with Crippen molar-refractivity contribution in [2.45, 2.75) is 45.4 Å². The van der Waals surface area contributed by atoms with Gasteiger partial charge >= 0.3 is 0 Å². The van der Waals surface area contributed by atoms with E-state index in [1.54, 1.807) is 12.1 Å². The van der Waals surface area contributed by atoms with Gasteiger partial charge in [-0.15, -0.1) is 0 Å². The van der Waals surface area contributed by atoms with E-state index in [4.69, 9.17) is 0 Å². The van der Waals surface area contributed by atoms with Crippen molar-refractivity contribution in [1.82, 2.24) is 0 Å². The number of benzene rings is 6. The normalized spacial score (nSPS) is 13.0. The third-order valence-corrected chi connectivity index (χ3v) is 12.1. The summed E-state index contributed by atoms with van der Waals surface area (Å²) in [6, 6.07) is 21.9. The molecule has 0 saturated carbocycles. The molecule has 0 unspecified atom stereocenters. The van der Waals surface area contributed by atoms with Crippen molar-refractivity contribution in [2.24, 2.45) is 0 Å². The van der Waals surface area contributed by atoms with Gasteiger partial charge in [-0.2, -0.15) is 0 Å². The summed E-state index contributed by atoms with van der Waals surface area (Å²) < 4.78 is 3.64. The fraction of sp³-hybridized carbons (Fsp3) is 0.163. The lowest BCUT2D eigenvalue weighted by atomic mass is 9.91. The lowest BCUT2D eigenvalue weighted by Gasteiger charge is -2.18. The molecule has 0 spiro atoms. The number of rotatable bonds is 0. The van der Waals surface area contributed by atoms with Crippen molar-refractivity contribution in [3.8, 4) is 34.5 Å². The lowest BCUT2D eigenvalue weighted by molar-refractivity contribution is 0.451. The molecule has 12 bridgehead atoms. The van der Waals surface area contributed by atoms with Crippen LogP contribution in [0.1, 0.15) is 72.3 Å². The molecule has 6 N–H and O–H groups in total. The van der Waals surface area contributed by atoms with Crippen molar-refractivity contribution >= 4 is 79.6 Å². The van der Waals surface area contributed by atoms with Crippen LogP contribution in [0.5, 0.6) is 34.5 Å². The van der Waals surface area contributed by atoms with Gasteiger partial charge in [0.15, 0.2) is 0 Å². The zero-order chi connectivity index (χ0) is 38.6. The summed E-state index contributed by atoms with van der Waals surface area (Å²) in [5, 5.41) is 69.8. The molecule has 276 valence electrons. The average Bonchev–Trinajstić information content (AvgIpc) is 3.09. The highest BCUT2D eigenvalue weighted by atomic mass is 79.9. The maximum Gasteiger partial charge on any atom is 0.122 e. The average molecular weight is 1050 g/mol. The summed E-state index contributed by atoms with van der Waals surface area (Å²) in [7, 11) is 0. The molecular weight excluding hydrogens is 1010 g/mol. The molecule has 0 aromatic heterocycles. The fourth-order valence-electron chi connectivity index (χ4n) is 7.37. The van der Waals surface area contributed by atoms with E-state index in [1.165, 1.54) is 0 Å². The molecular formula is C43H33Br5O6. The molecule has 6 aromatic carbocycles. The van der Waals surface area contributed by atoms with Crippen molar-refractivity contribution in [1.29, 1.82) is 0 Å². The molecule has 6 nitrogen and oxygen atoms in total. The van der Waals surface area contributed by atoms with Crippen LogP contribution >= 0.6 is 79.6 Å². The molecule has 11 heteroatoms. The second-order valence-corrected chi connectivity index (χ2v) is 18.4. The van der Waals surface area contributed by atoms with Crippen LogP contribution in [0.4, 0.5) is 0 Å². The Morgan fingerprint density at radius 3 is 0.556 bits per heavy atom.